The molecule has 0 aliphatic carbocycles. The molecule has 0 aromatic rings. The highest BCUT2D eigenvalue weighted by Crippen LogP contribution is 2.20. The van der Waals surface area contributed by atoms with E-state index in [2.05, 4.69) is 0 Å². The van der Waals surface area contributed by atoms with Gasteiger partial charge >= 0.3 is 0 Å². The van der Waals surface area contributed by atoms with Gasteiger partial charge in [-0.1, -0.05) is 12.2 Å². The highest BCUT2D eigenvalue weighted by atomic mass is 16.1. The Labute approximate surface area is 76.5 Å². The predicted octanol–water partition coefficient (Wildman–Crippen LogP) is 0.681. The summed E-state index contributed by atoms with van der Waals surface area (Å²) in [6, 6.07) is 0. The molecule has 2 rings (SSSR count). The fourth-order valence-electron chi connectivity index (χ4n) is 1.46. The maximum Gasteiger partial charge on any atom is 0.250 e. The summed E-state index contributed by atoms with van der Waals surface area (Å²) < 4.78 is 0. The zero-order valence-electron chi connectivity index (χ0n) is 7.10. The topological polar surface area (TPSA) is 46.3 Å². The standard InChI is InChI=1S/C10H10N2O/c11-10(13)8-4-3-7-12-6-2-1-5-9(8)12/h1-6H,7H2,(H2,11,13). The number of carbonyl (C=O) groups is 1. The Morgan fingerprint density at radius 1 is 1.38 bits per heavy atom. The van der Waals surface area contributed by atoms with E-state index < -0.39 is 0 Å². The summed E-state index contributed by atoms with van der Waals surface area (Å²) >= 11 is 0. The Morgan fingerprint density at radius 2 is 2.23 bits per heavy atom. The van der Waals surface area contributed by atoms with Crippen LogP contribution >= 0.6 is 0 Å². The van der Waals surface area contributed by atoms with Crippen LogP contribution in [-0.2, 0) is 4.79 Å². The van der Waals surface area contributed by atoms with E-state index >= 15 is 0 Å². The van der Waals surface area contributed by atoms with Crippen LogP contribution in [0.4, 0.5) is 0 Å². The van der Waals surface area contributed by atoms with Crippen molar-refractivity contribution in [1.29, 1.82) is 0 Å². The molecule has 2 heterocycles. The summed E-state index contributed by atoms with van der Waals surface area (Å²) in [4.78, 5) is 13.0. The molecule has 0 radical (unpaired) electrons. The summed E-state index contributed by atoms with van der Waals surface area (Å²) in [5.41, 5.74) is 6.70. The molecule has 2 N–H and O–H groups in total. The summed E-state index contributed by atoms with van der Waals surface area (Å²) in [5.74, 6) is -0.379. The van der Waals surface area contributed by atoms with Gasteiger partial charge in [0.25, 0.3) is 5.91 Å². The summed E-state index contributed by atoms with van der Waals surface area (Å²) in [6.45, 7) is 0.799. The van der Waals surface area contributed by atoms with Crippen molar-refractivity contribution in [3.05, 3.63) is 47.9 Å². The summed E-state index contributed by atoms with van der Waals surface area (Å²) in [6.07, 6.45) is 11.4. The molecule has 1 amide bonds. The number of carbonyl (C=O) groups excluding carboxylic acids is 1. The largest absolute Gasteiger partial charge is 0.366 e. The third-order valence-corrected chi connectivity index (χ3v) is 2.07. The molecule has 3 heteroatoms. The highest BCUT2D eigenvalue weighted by molar-refractivity contribution is 5.96. The molecule has 0 aromatic carbocycles. The number of primary amides is 1. The van der Waals surface area contributed by atoms with Crippen LogP contribution in [0.5, 0.6) is 0 Å². The van der Waals surface area contributed by atoms with Crippen LogP contribution in [0.15, 0.2) is 47.9 Å². The van der Waals surface area contributed by atoms with Crippen LogP contribution in [0.25, 0.3) is 0 Å². The quantitative estimate of drug-likeness (QED) is 0.635. The molecule has 2 aliphatic heterocycles. The molecule has 2 aliphatic rings. The van der Waals surface area contributed by atoms with Crippen LogP contribution in [0.3, 0.4) is 0 Å². The molecule has 0 saturated heterocycles. The van der Waals surface area contributed by atoms with Crippen molar-refractivity contribution in [2.75, 3.05) is 6.54 Å². The second kappa shape index (κ2) is 2.94. The highest BCUT2D eigenvalue weighted by Gasteiger charge is 2.16. The smallest absolute Gasteiger partial charge is 0.250 e. The van der Waals surface area contributed by atoms with E-state index in [4.69, 9.17) is 5.73 Å². The number of nitrogens with zero attached hydrogens (tertiary/aromatic N) is 1. The molecule has 0 fully saturated rings. The van der Waals surface area contributed by atoms with E-state index in [0.717, 1.165) is 12.2 Å². The minimum Gasteiger partial charge on any atom is -0.366 e. The normalized spacial score (nSPS) is 19.2. The van der Waals surface area contributed by atoms with Crippen LogP contribution < -0.4 is 5.73 Å². The van der Waals surface area contributed by atoms with Crippen molar-refractivity contribution < 1.29 is 4.79 Å². The van der Waals surface area contributed by atoms with Gasteiger partial charge in [0.15, 0.2) is 0 Å². The Bertz CT molecular complexity index is 361. The lowest BCUT2D eigenvalue weighted by Gasteiger charge is -2.26. The number of hydrogen-bond donors (Lipinski definition) is 1. The van der Waals surface area contributed by atoms with Gasteiger partial charge in [-0.25, -0.2) is 0 Å². The Kier molecular flexibility index (Phi) is 1.77. The van der Waals surface area contributed by atoms with Crippen molar-refractivity contribution in [2.24, 2.45) is 5.73 Å². The first kappa shape index (κ1) is 7.86. The Hall–Kier alpha value is -1.77. The summed E-state index contributed by atoms with van der Waals surface area (Å²) in [5, 5.41) is 0. The Balaban J connectivity index is 2.47. The average molecular weight is 174 g/mol. The molecule has 0 bridgehead atoms. The van der Waals surface area contributed by atoms with Gasteiger partial charge in [-0.15, -0.1) is 0 Å². The first-order valence-corrected chi connectivity index (χ1v) is 4.11. The molecule has 0 atom stereocenters. The van der Waals surface area contributed by atoms with Gasteiger partial charge in [0.05, 0.1) is 11.3 Å². The number of allylic oxidation sites excluding steroid dienone is 3. The van der Waals surface area contributed by atoms with E-state index in [1.54, 1.807) is 6.08 Å². The van der Waals surface area contributed by atoms with Gasteiger partial charge in [-0.05, 0) is 18.2 Å². The second-order valence-electron chi connectivity index (χ2n) is 2.92. The first-order valence-electron chi connectivity index (χ1n) is 4.11. The van der Waals surface area contributed by atoms with E-state index in [9.17, 15) is 4.79 Å². The first-order chi connectivity index (χ1) is 6.29. The number of fused-ring (bicyclic) bond motifs is 1. The second-order valence-corrected chi connectivity index (χ2v) is 2.92. The zero-order valence-corrected chi connectivity index (χ0v) is 7.10. The monoisotopic (exact) mass is 174 g/mol. The molecule has 3 nitrogen and oxygen atoms in total. The van der Waals surface area contributed by atoms with Crippen molar-refractivity contribution in [2.45, 2.75) is 0 Å². The molecule has 0 spiro atoms. The number of rotatable bonds is 1. The maximum atomic E-state index is 11.0. The third kappa shape index (κ3) is 1.28. The maximum absolute atomic E-state index is 11.0. The molecule has 0 aromatic heterocycles. The molecule has 0 unspecified atom stereocenters. The van der Waals surface area contributed by atoms with Gasteiger partial charge in [0.1, 0.15) is 0 Å². The third-order valence-electron chi connectivity index (χ3n) is 2.07. The Morgan fingerprint density at radius 3 is 3.00 bits per heavy atom. The number of nitrogens with two attached hydrogens (primary N) is 1. The van der Waals surface area contributed by atoms with Gasteiger partial charge in [0.2, 0.25) is 0 Å². The van der Waals surface area contributed by atoms with E-state index in [0.29, 0.717) is 5.57 Å². The minimum absolute atomic E-state index is 0.379. The molecule has 66 valence electrons. The summed E-state index contributed by atoms with van der Waals surface area (Å²) in [7, 11) is 0. The lowest BCUT2D eigenvalue weighted by Crippen LogP contribution is -2.26. The van der Waals surface area contributed by atoms with Crippen LogP contribution in [0, 0.1) is 0 Å². The van der Waals surface area contributed by atoms with Crippen LogP contribution in [0.2, 0.25) is 0 Å². The van der Waals surface area contributed by atoms with E-state index in [1.165, 1.54) is 0 Å². The van der Waals surface area contributed by atoms with Crippen molar-refractivity contribution in [1.82, 2.24) is 4.90 Å². The van der Waals surface area contributed by atoms with Gasteiger partial charge in [0, 0.05) is 12.7 Å². The number of amides is 1. The lowest BCUT2D eigenvalue weighted by molar-refractivity contribution is -0.114. The van der Waals surface area contributed by atoms with Gasteiger partial charge in [-0.3, -0.25) is 4.79 Å². The zero-order chi connectivity index (χ0) is 9.26. The average Bonchev–Trinajstić information content (AvgIpc) is 2.17. The van der Waals surface area contributed by atoms with Crippen LogP contribution in [0.1, 0.15) is 0 Å². The van der Waals surface area contributed by atoms with Crippen LogP contribution in [-0.4, -0.2) is 17.4 Å². The molecule has 0 saturated carbocycles. The van der Waals surface area contributed by atoms with E-state index in [-0.39, 0.29) is 5.91 Å². The fourth-order valence-corrected chi connectivity index (χ4v) is 1.46. The lowest BCUT2D eigenvalue weighted by atomic mass is 10.1. The molecule has 13 heavy (non-hydrogen) atoms. The van der Waals surface area contributed by atoms with Crippen molar-refractivity contribution in [3.8, 4) is 0 Å². The van der Waals surface area contributed by atoms with Crippen molar-refractivity contribution >= 4 is 5.91 Å². The molecular weight excluding hydrogens is 164 g/mol. The fraction of sp³-hybridized carbons (Fsp3) is 0.100. The number of hydrogen-bond acceptors (Lipinski definition) is 2. The van der Waals surface area contributed by atoms with Crippen molar-refractivity contribution in [3.63, 3.8) is 0 Å². The SMILES string of the molecule is NC(=O)C1=C2C=CC=CN2CC=C1. The van der Waals surface area contributed by atoms with E-state index in [1.807, 2.05) is 35.4 Å². The molecular formula is C10H10N2O. The minimum atomic E-state index is -0.379. The predicted molar refractivity (Wildman–Crippen MR) is 50.3 cm³/mol. The van der Waals surface area contributed by atoms with Gasteiger partial charge < -0.3 is 10.6 Å². The van der Waals surface area contributed by atoms with Gasteiger partial charge in [-0.2, -0.15) is 0 Å².